The summed E-state index contributed by atoms with van der Waals surface area (Å²) in [6.07, 6.45) is 3.73. The van der Waals surface area contributed by atoms with E-state index in [0.29, 0.717) is 41.0 Å². The molecule has 0 spiro atoms. The van der Waals surface area contributed by atoms with Gasteiger partial charge in [-0.1, -0.05) is 19.9 Å². The molecule has 1 saturated heterocycles. The first kappa shape index (κ1) is 22.3. The molecule has 6 nitrogen and oxygen atoms in total. The van der Waals surface area contributed by atoms with Gasteiger partial charge < -0.3 is 19.7 Å². The third-order valence-corrected chi connectivity index (χ3v) is 6.15. The van der Waals surface area contributed by atoms with E-state index in [4.69, 9.17) is 9.47 Å². The maximum absolute atomic E-state index is 14.7. The molecule has 0 atom stereocenters. The number of hydrogen-bond donors (Lipinski definition) is 1. The van der Waals surface area contributed by atoms with Crippen molar-refractivity contribution in [1.82, 2.24) is 14.9 Å². The summed E-state index contributed by atoms with van der Waals surface area (Å²) in [5.74, 6) is 2.27. The van der Waals surface area contributed by atoms with Crippen molar-refractivity contribution < 1.29 is 13.9 Å². The number of fused-ring (bicyclic) bond motifs is 1. The number of benzene rings is 2. The lowest BCUT2D eigenvalue weighted by molar-refractivity contribution is 0.157. The van der Waals surface area contributed by atoms with Crippen LogP contribution in [0.15, 0.2) is 36.7 Å². The quantitative estimate of drug-likeness (QED) is 0.536. The second kappa shape index (κ2) is 9.69. The zero-order valence-corrected chi connectivity index (χ0v) is 19.2. The minimum Gasteiger partial charge on any atom is -0.493 e. The Hall–Kier alpha value is -2.93. The highest BCUT2D eigenvalue weighted by atomic mass is 19.1. The van der Waals surface area contributed by atoms with Crippen molar-refractivity contribution in [3.8, 4) is 11.5 Å². The van der Waals surface area contributed by atoms with Crippen molar-refractivity contribution in [2.75, 3.05) is 39.2 Å². The van der Waals surface area contributed by atoms with E-state index in [0.717, 1.165) is 36.9 Å². The predicted molar refractivity (Wildman–Crippen MR) is 126 cm³/mol. The van der Waals surface area contributed by atoms with Gasteiger partial charge in [-0.2, -0.15) is 0 Å². The lowest BCUT2D eigenvalue weighted by Gasteiger charge is -2.28. The highest BCUT2D eigenvalue weighted by molar-refractivity contribution is 5.93. The largest absolute Gasteiger partial charge is 0.493 e. The van der Waals surface area contributed by atoms with Gasteiger partial charge in [0.25, 0.3) is 0 Å². The highest BCUT2D eigenvalue weighted by Gasteiger charge is 2.19. The van der Waals surface area contributed by atoms with Crippen molar-refractivity contribution in [1.29, 1.82) is 0 Å². The van der Waals surface area contributed by atoms with Gasteiger partial charge in [-0.05, 0) is 68.6 Å². The summed E-state index contributed by atoms with van der Waals surface area (Å²) in [6, 6.07) is 8.95. The van der Waals surface area contributed by atoms with Gasteiger partial charge in [0.15, 0.2) is 11.5 Å². The Morgan fingerprint density at radius 1 is 1.12 bits per heavy atom. The molecule has 2 aromatic carbocycles. The average Bonchev–Trinajstić information content (AvgIpc) is 2.79. The Morgan fingerprint density at radius 3 is 2.59 bits per heavy atom. The zero-order chi connectivity index (χ0) is 22.7. The minimum absolute atomic E-state index is 0.260. The van der Waals surface area contributed by atoms with Crippen molar-refractivity contribution in [2.24, 2.45) is 5.92 Å². The van der Waals surface area contributed by atoms with Gasteiger partial charge in [0, 0.05) is 11.5 Å². The molecule has 1 fully saturated rings. The molecule has 3 aromatic rings. The molecule has 1 aliphatic rings. The second-order valence-electron chi connectivity index (χ2n) is 8.82. The summed E-state index contributed by atoms with van der Waals surface area (Å²) in [5.41, 5.74) is 2.03. The summed E-state index contributed by atoms with van der Waals surface area (Å²) in [5, 5.41) is 3.85. The monoisotopic (exact) mass is 438 g/mol. The smallest absolute Gasteiger partial charge is 0.163 e. The number of rotatable bonds is 7. The topological polar surface area (TPSA) is 59.5 Å². The lowest BCUT2D eigenvalue weighted by atomic mass is 9.98. The molecule has 4 rings (SSSR count). The molecule has 1 aliphatic heterocycles. The van der Waals surface area contributed by atoms with Crippen LogP contribution in [0.3, 0.4) is 0 Å². The number of nitrogens with one attached hydrogen (secondary N) is 1. The first-order chi connectivity index (χ1) is 15.4. The van der Waals surface area contributed by atoms with Crippen molar-refractivity contribution in [2.45, 2.75) is 32.6 Å². The molecule has 0 bridgehead atoms. The maximum atomic E-state index is 14.7. The number of anilines is 2. The molecular formula is C25H31FN4O2. The maximum Gasteiger partial charge on any atom is 0.163 e. The van der Waals surface area contributed by atoms with Gasteiger partial charge in [0.05, 0.1) is 24.9 Å². The molecule has 32 heavy (non-hydrogen) atoms. The Kier molecular flexibility index (Phi) is 6.74. The van der Waals surface area contributed by atoms with Gasteiger partial charge in [0.1, 0.15) is 18.0 Å². The summed E-state index contributed by atoms with van der Waals surface area (Å²) < 4.78 is 26.4. The number of ether oxygens (including phenoxy) is 2. The Bertz CT molecular complexity index is 1080. The molecule has 0 saturated carbocycles. The van der Waals surface area contributed by atoms with E-state index in [-0.39, 0.29) is 11.7 Å². The van der Waals surface area contributed by atoms with Gasteiger partial charge in [-0.15, -0.1) is 0 Å². The molecule has 0 unspecified atom stereocenters. The molecule has 2 heterocycles. The summed E-state index contributed by atoms with van der Waals surface area (Å²) in [6.45, 7) is 6.93. The van der Waals surface area contributed by atoms with Crippen LogP contribution in [0.1, 0.15) is 38.2 Å². The van der Waals surface area contributed by atoms with E-state index >= 15 is 0 Å². The fourth-order valence-corrected chi connectivity index (χ4v) is 3.99. The van der Waals surface area contributed by atoms with E-state index in [1.807, 2.05) is 32.0 Å². The number of aromatic nitrogens is 2. The van der Waals surface area contributed by atoms with Gasteiger partial charge in [0.2, 0.25) is 0 Å². The van der Waals surface area contributed by atoms with Crippen LogP contribution in [-0.4, -0.2) is 48.7 Å². The SMILES string of the molecule is COc1cc2c(Nc3ccc(C(C)C)cc3F)ncnc2cc1OCC1CCN(C)CC1. The van der Waals surface area contributed by atoms with Crippen molar-refractivity contribution in [3.05, 3.63) is 48.0 Å². The normalized spacial score (nSPS) is 15.3. The second-order valence-corrected chi connectivity index (χ2v) is 8.82. The molecule has 1 aromatic heterocycles. The number of halogens is 1. The number of nitrogens with zero attached hydrogens (tertiary/aromatic N) is 3. The third-order valence-electron chi connectivity index (χ3n) is 6.15. The van der Waals surface area contributed by atoms with E-state index in [1.165, 1.54) is 6.33 Å². The number of hydrogen-bond acceptors (Lipinski definition) is 6. The van der Waals surface area contributed by atoms with Crippen LogP contribution >= 0.6 is 0 Å². The Balaban J connectivity index is 1.57. The number of likely N-dealkylation sites (tertiary alicyclic amines) is 1. The lowest BCUT2D eigenvalue weighted by Crippen LogP contribution is -2.32. The average molecular weight is 439 g/mol. The van der Waals surface area contributed by atoms with E-state index < -0.39 is 0 Å². The van der Waals surface area contributed by atoms with E-state index in [1.54, 1.807) is 19.2 Å². The fourth-order valence-electron chi connectivity index (χ4n) is 3.99. The van der Waals surface area contributed by atoms with Crippen LogP contribution in [0.2, 0.25) is 0 Å². The predicted octanol–water partition coefficient (Wildman–Crippen LogP) is 5.37. The van der Waals surface area contributed by atoms with Gasteiger partial charge in [-0.3, -0.25) is 0 Å². The van der Waals surface area contributed by atoms with E-state index in [2.05, 4.69) is 27.2 Å². The van der Waals surface area contributed by atoms with Crippen LogP contribution in [0, 0.1) is 11.7 Å². The molecule has 0 aliphatic carbocycles. The Morgan fingerprint density at radius 2 is 1.91 bits per heavy atom. The minimum atomic E-state index is -0.312. The van der Waals surface area contributed by atoms with Crippen LogP contribution in [-0.2, 0) is 0 Å². The molecule has 7 heteroatoms. The van der Waals surface area contributed by atoms with Crippen molar-refractivity contribution >= 4 is 22.4 Å². The van der Waals surface area contributed by atoms with Crippen LogP contribution in [0.4, 0.5) is 15.9 Å². The highest BCUT2D eigenvalue weighted by Crippen LogP contribution is 2.36. The van der Waals surface area contributed by atoms with Crippen LogP contribution in [0.5, 0.6) is 11.5 Å². The summed E-state index contributed by atoms with van der Waals surface area (Å²) in [4.78, 5) is 11.1. The van der Waals surface area contributed by atoms with E-state index in [9.17, 15) is 4.39 Å². The van der Waals surface area contributed by atoms with Gasteiger partial charge >= 0.3 is 0 Å². The molecular weight excluding hydrogens is 407 g/mol. The van der Waals surface area contributed by atoms with Gasteiger partial charge in [-0.25, -0.2) is 14.4 Å². The third kappa shape index (κ3) is 4.93. The first-order valence-corrected chi connectivity index (χ1v) is 11.1. The first-order valence-electron chi connectivity index (χ1n) is 11.1. The zero-order valence-electron chi connectivity index (χ0n) is 19.2. The molecule has 170 valence electrons. The summed E-state index contributed by atoms with van der Waals surface area (Å²) in [7, 11) is 3.77. The Labute approximate surface area is 188 Å². The summed E-state index contributed by atoms with van der Waals surface area (Å²) >= 11 is 0. The number of piperidine rings is 1. The number of methoxy groups -OCH3 is 1. The molecule has 1 N–H and O–H groups in total. The fraction of sp³-hybridized carbons (Fsp3) is 0.440. The van der Waals surface area contributed by atoms with Crippen LogP contribution in [0.25, 0.3) is 10.9 Å². The molecule has 0 amide bonds. The van der Waals surface area contributed by atoms with Crippen molar-refractivity contribution in [3.63, 3.8) is 0 Å². The standard InChI is InChI=1S/C25H31FN4O2/c1-16(2)18-5-6-21(20(26)11-18)29-25-19-12-23(31-4)24(13-22(19)27-15-28-25)32-14-17-7-9-30(3)10-8-17/h5-6,11-13,15-17H,7-10,14H2,1-4H3,(H,27,28,29). The van der Waals surface area contributed by atoms with Crippen LogP contribution < -0.4 is 14.8 Å². The molecule has 0 radical (unpaired) electrons.